The van der Waals surface area contributed by atoms with Crippen molar-refractivity contribution in [2.45, 2.75) is 36.2 Å². The van der Waals surface area contributed by atoms with Crippen LogP contribution in [-0.2, 0) is 0 Å². The second-order valence-corrected chi connectivity index (χ2v) is 5.38. The van der Waals surface area contributed by atoms with Gasteiger partial charge in [0.2, 0.25) is 0 Å². The molecule has 1 saturated carbocycles. The molecule has 0 aromatic rings. The highest BCUT2D eigenvalue weighted by Crippen LogP contribution is 2.37. The molecule has 0 amide bonds. The van der Waals surface area contributed by atoms with Crippen LogP contribution in [0, 0.1) is 5.41 Å². The van der Waals surface area contributed by atoms with Crippen molar-refractivity contribution in [3.8, 4) is 0 Å². The zero-order chi connectivity index (χ0) is 9.97. The number of hydrogen-bond donors (Lipinski definition) is 1. The summed E-state index contributed by atoms with van der Waals surface area (Å²) in [6.45, 7) is 0. The molecule has 0 aromatic carbocycles. The highest BCUT2D eigenvalue weighted by Gasteiger charge is 2.22. The average molecular weight is 211 g/mol. The number of allylic oxidation sites excluding steroid dienone is 3. The Kier molecular flexibility index (Phi) is 3.06. The summed E-state index contributed by atoms with van der Waals surface area (Å²) in [6.07, 6.45) is 9.33. The monoisotopic (exact) mass is 211 g/mol. The van der Waals surface area contributed by atoms with Crippen LogP contribution < -0.4 is 0 Å². The van der Waals surface area contributed by atoms with E-state index in [1.165, 1.54) is 25.3 Å². The Balaban J connectivity index is 1.95. The van der Waals surface area contributed by atoms with Gasteiger partial charge in [0, 0.05) is 16.9 Å². The van der Waals surface area contributed by atoms with Crippen LogP contribution in [0.4, 0.5) is 4.39 Å². The van der Waals surface area contributed by atoms with Gasteiger partial charge < -0.3 is 5.41 Å². The number of rotatable bonds is 2. The van der Waals surface area contributed by atoms with E-state index in [1.807, 2.05) is 17.8 Å². The quantitative estimate of drug-likeness (QED) is 0.743. The van der Waals surface area contributed by atoms with Crippen molar-refractivity contribution in [3.63, 3.8) is 0 Å². The molecule has 76 valence electrons. The van der Waals surface area contributed by atoms with Gasteiger partial charge in [0.05, 0.1) is 5.71 Å². The normalized spacial score (nSPS) is 28.2. The Morgan fingerprint density at radius 3 is 2.86 bits per heavy atom. The van der Waals surface area contributed by atoms with Gasteiger partial charge in [-0.1, -0.05) is 12.5 Å². The highest BCUT2D eigenvalue weighted by atomic mass is 32.2. The molecule has 1 unspecified atom stereocenters. The fraction of sp³-hybridized carbons (Fsp3) is 0.545. The van der Waals surface area contributed by atoms with Gasteiger partial charge in [-0.15, -0.1) is 0 Å². The summed E-state index contributed by atoms with van der Waals surface area (Å²) in [5.74, 6) is -0.156. The van der Waals surface area contributed by atoms with Crippen molar-refractivity contribution in [2.24, 2.45) is 0 Å². The maximum Gasteiger partial charge on any atom is 0.103 e. The van der Waals surface area contributed by atoms with E-state index in [4.69, 9.17) is 5.41 Å². The van der Waals surface area contributed by atoms with Gasteiger partial charge in [-0.3, -0.25) is 0 Å². The van der Waals surface area contributed by atoms with Crippen LogP contribution in [0.15, 0.2) is 24.1 Å². The molecule has 0 spiro atoms. The van der Waals surface area contributed by atoms with Gasteiger partial charge >= 0.3 is 0 Å². The molecule has 0 heterocycles. The molecule has 0 aromatic heterocycles. The van der Waals surface area contributed by atoms with Gasteiger partial charge in [-0.05, 0) is 25.0 Å². The van der Waals surface area contributed by atoms with Crippen LogP contribution in [0.25, 0.3) is 0 Å². The third kappa shape index (κ3) is 2.47. The number of hydrogen-bond acceptors (Lipinski definition) is 2. The van der Waals surface area contributed by atoms with E-state index in [0.29, 0.717) is 6.42 Å². The summed E-state index contributed by atoms with van der Waals surface area (Å²) in [7, 11) is 0. The minimum atomic E-state index is -0.156. The summed E-state index contributed by atoms with van der Waals surface area (Å²) >= 11 is 1.86. The van der Waals surface area contributed by atoms with E-state index in [0.717, 1.165) is 5.25 Å². The Hall–Kier alpha value is -0.570. The summed E-state index contributed by atoms with van der Waals surface area (Å²) in [4.78, 5) is 0. The van der Waals surface area contributed by atoms with E-state index in [-0.39, 0.29) is 16.8 Å². The molecule has 14 heavy (non-hydrogen) atoms. The molecular formula is C11H14FNS. The van der Waals surface area contributed by atoms with Crippen molar-refractivity contribution in [3.05, 3.63) is 24.1 Å². The SMILES string of the molecule is N=C1C=CC(SC2CCC2)CC(F)=C1. The third-order valence-electron chi connectivity index (χ3n) is 2.62. The van der Waals surface area contributed by atoms with Crippen molar-refractivity contribution < 1.29 is 4.39 Å². The first-order valence-corrected chi connectivity index (χ1v) is 5.96. The lowest BCUT2D eigenvalue weighted by molar-refractivity contribution is 0.519. The molecule has 0 radical (unpaired) electrons. The molecule has 2 aliphatic rings. The average Bonchev–Trinajstić information content (AvgIpc) is 2.20. The molecule has 2 aliphatic carbocycles. The fourth-order valence-electron chi connectivity index (χ4n) is 1.59. The minimum absolute atomic E-state index is 0.156. The van der Waals surface area contributed by atoms with Gasteiger partial charge in [-0.2, -0.15) is 11.8 Å². The zero-order valence-electron chi connectivity index (χ0n) is 8.00. The predicted molar refractivity (Wildman–Crippen MR) is 59.7 cm³/mol. The molecule has 2 rings (SSSR count). The Morgan fingerprint density at radius 2 is 2.21 bits per heavy atom. The van der Waals surface area contributed by atoms with E-state index in [1.54, 1.807) is 6.08 Å². The molecule has 1 atom stereocenters. The Bertz CT molecular complexity index is 292. The Morgan fingerprint density at radius 1 is 1.43 bits per heavy atom. The smallest absolute Gasteiger partial charge is 0.103 e. The van der Waals surface area contributed by atoms with Gasteiger partial charge in [-0.25, -0.2) is 4.39 Å². The van der Waals surface area contributed by atoms with E-state index in [9.17, 15) is 4.39 Å². The molecule has 3 heteroatoms. The molecular weight excluding hydrogens is 197 g/mol. The third-order valence-corrected chi connectivity index (χ3v) is 4.15. The maximum absolute atomic E-state index is 13.2. The molecule has 0 saturated heterocycles. The standard InChI is InChI=1S/C11H14FNS/c12-8-6-9(13)4-5-11(7-8)14-10-2-1-3-10/h4-6,10-11,13H,1-3,7H2. The lowest BCUT2D eigenvalue weighted by Crippen LogP contribution is -2.17. The first kappa shape index (κ1) is 9.97. The zero-order valence-corrected chi connectivity index (χ0v) is 8.82. The van der Waals surface area contributed by atoms with E-state index < -0.39 is 0 Å². The summed E-state index contributed by atoms with van der Waals surface area (Å²) < 4.78 is 13.2. The lowest BCUT2D eigenvalue weighted by Gasteiger charge is -2.27. The summed E-state index contributed by atoms with van der Waals surface area (Å²) in [5, 5.41) is 8.34. The van der Waals surface area contributed by atoms with Crippen LogP contribution in [-0.4, -0.2) is 16.2 Å². The van der Waals surface area contributed by atoms with Crippen molar-refractivity contribution >= 4 is 17.5 Å². The van der Waals surface area contributed by atoms with Crippen LogP contribution in [0.1, 0.15) is 25.7 Å². The Labute approximate surface area is 88.0 Å². The number of nitrogens with one attached hydrogen (secondary N) is 1. The van der Waals surface area contributed by atoms with Gasteiger partial charge in [0.25, 0.3) is 0 Å². The first-order valence-electron chi connectivity index (χ1n) is 5.02. The minimum Gasteiger partial charge on any atom is -0.301 e. The van der Waals surface area contributed by atoms with Crippen molar-refractivity contribution in [1.82, 2.24) is 0 Å². The van der Waals surface area contributed by atoms with Crippen LogP contribution >= 0.6 is 11.8 Å². The highest BCUT2D eigenvalue weighted by molar-refractivity contribution is 8.00. The van der Waals surface area contributed by atoms with Crippen LogP contribution in [0.5, 0.6) is 0 Å². The molecule has 1 nitrogen and oxygen atoms in total. The van der Waals surface area contributed by atoms with Gasteiger partial charge in [0.1, 0.15) is 5.83 Å². The largest absolute Gasteiger partial charge is 0.301 e. The van der Waals surface area contributed by atoms with Crippen molar-refractivity contribution in [1.29, 1.82) is 5.41 Å². The fourth-order valence-corrected chi connectivity index (χ4v) is 3.12. The molecule has 0 bridgehead atoms. The second-order valence-electron chi connectivity index (χ2n) is 3.84. The number of halogens is 1. The van der Waals surface area contributed by atoms with Gasteiger partial charge in [0.15, 0.2) is 0 Å². The lowest BCUT2D eigenvalue weighted by atomic mass is 10.00. The van der Waals surface area contributed by atoms with Crippen LogP contribution in [0.2, 0.25) is 0 Å². The first-order chi connectivity index (χ1) is 6.74. The molecule has 0 aliphatic heterocycles. The van der Waals surface area contributed by atoms with E-state index in [2.05, 4.69) is 0 Å². The van der Waals surface area contributed by atoms with Crippen molar-refractivity contribution in [2.75, 3.05) is 0 Å². The maximum atomic E-state index is 13.2. The predicted octanol–water partition coefficient (Wildman–Crippen LogP) is 3.47. The van der Waals surface area contributed by atoms with E-state index >= 15 is 0 Å². The topological polar surface area (TPSA) is 23.9 Å². The molecule has 1 N–H and O–H groups in total. The number of thioether (sulfide) groups is 1. The second kappa shape index (κ2) is 4.30. The summed E-state index contributed by atoms with van der Waals surface area (Å²) in [5.41, 5.74) is 0.277. The van der Waals surface area contributed by atoms with Crippen LogP contribution in [0.3, 0.4) is 0 Å². The summed E-state index contributed by atoms with van der Waals surface area (Å²) in [6, 6.07) is 0. The molecule has 1 fully saturated rings.